The van der Waals surface area contributed by atoms with Crippen molar-refractivity contribution >= 4 is 45.2 Å². The lowest BCUT2D eigenvalue weighted by atomic mass is 9.77. The van der Waals surface area contributed by atoms with Crippen LogP contribution in [0.15, 0.2) is 24.3 Å². The fourth-order valence-corrected chi connectivity index (χ4v) is 6.51. The lowest BCUT2D eigenvalue weighted by Gasteiger charge is -2.29. The van der Waals surface area contributed by atoms with Gasteiger partial charge in [-0.1, -0.05) is 32.6 Å². The molecule has 31 heavy (non-hydrogen) atoms. The lowest BCUT2D eigenvalue weighted by molar-refractivity contribution is 0.313. The third-order valence-corrected chi connectivity index (χ3v) is 7.85. The van der Waals surface area contributed by atoms with Crippen molar-refractivity contribution < 1.29 is 14.6 Å². The van der Waals surface area contributed by atoms with E-state index in [1.165, 1.54) is 55.2 Å². The SMILES string of the molecule is CCOc1cc(OCC)c2cc1CCCCCCCC(C)C2c1cc(I)c(O)c(I)c1. The third kappa shape index (κ3) is 6.21. The van der Waals surface area contributed by atoms with Crippen LogP contribution in [0.25, 0.3) is 0 Å². The van der Waals surface area contributed by atoms with Crippen molar-refractivity contribution in [3.63, 3.8) is 0 Å². The molecule has 0 aliphatic heterocycles. The van der Waals surface area contributed by atoms with Crippen LogP contribution < -0.4 is 9.47 Å². The summed E-state index contributed by atoms with van der Waals surface area (Å²) in [5.74, 6) is 2.97. The Bertz CT molecular complexity index is 858. The van der Waals surface area contributed by atoms with Crippen LogP contribution in [-0.4, -0.2) is 18.3 Å². The van der Waals surface area contributed by atoms with Crippen LogP contribution >= 0.6 is 45.2 Å². The van der Waals surface area contributed by atoms with Gasteiger partial charge in [0.25, 0.3) is 0 Å². The predicted molar refractivity (Wildman–Crippen MR) is 145 cm³/mol. The summed E-state index contributed by atoms with van der Waals surface area (Å²) in [5.41, 5.74) is 3.80. The third-order valence-electron chi connectivity index (χ3n) is 6.20. The average Bonchev–Trinajstić information content (AvgIpc) is 2.73. The molecule has 0 saturated carbocycles. The zero-order valence-electron chi connectivity index (χ0n) is 18.8. The number of hydrogen-bond donors (Lipinski definition) is 1. The minimum Gasteiger partial charge on any atom is -0.506 e. The topological polar surface area (TPSA) is 38.7 Å². The van der Waals surface area contributed by atoms with Crippen LogP contribution in [0, 0.1) is 13.1 Å². The Hall–Kier alpha value is -0.700. The summed E-state index contributed by atoms with van der Waals surface area (Å²) < 4.78 is 14.0. The Labute approximate surface area is 214 Å². The van der Waals surface area contributed by atoms with E-state index in [-0.39, 0.29) is 5.92 Å². The van der Waals surface area contributed by atoms with Gasteiger partial charge >= 0.3 is 0 Å². The molecule has 1 N–H and O–H groups in total. The van der Waals surface area contributed by atoms with Gasteiger partial charge in [-0.15, -0.1) is 0 Å². The minimum atomic E-state index is 0.220. The number of ether oxygens (including phenoxy) is 2. The van der Waals surface area contributed by atoms with Crippen molar-refractivity contribution in [2.24, 2.45) is 5.92 Å². The molecule has 1 aliphatic rings. The highest BCUT2D eigenvalue weighted by molar-refractivity contribution is 14.1. The van der Waals surface area contributed by atoms with Crippen molar-refractivity contribution in [2.75, 3.05) is 13.2 Å². The number of phenolic OH excluding ortho intramolecular Hbond substituents is 1. The van der Waals surface area contributed by atoms with Crippen molar-refractivity contribution in [1.82, 2.24) is 0 Å². The quantitative estimate of drug-likeness (QED) is 0.334. The highest BCUT2D eigenvalue weighted by Gasteiger charge is 2.28. The molecule has 0 heterocycles. The molecule has 0 radical (unpaired) electrons. The minimum absolute atomic E-state index is 0.220. The molecule has 0 spiro atoms. The molecule has 0 fully saturated rings. The summed E-state index contributed by atoms with van der Waals surface area (Å²) in [7, 11) is 0. The molecular formula is C26H34I2O3. The molecule has 2 aromatic carbocycles. The first kappa shape index (κ1) is 24.9. The van der Waals surface area contributed by atoms with Gasteiger partial charge < -0.3 is 14.6 Å². The van der Waals surface area contributed by atoms with Crippen LogP contribution in [0.4, 0.5) is 0 Å². The molecule has 3 rings (SSSR count). The molecule has 0 amide bonds. The number of rotatable bonds is 5. The van der Waals surface area contributed by atoms with E-state index in [1.807, 2.05) is 13.8 Å². The van der Waals surface area contributed by atoms with Gasteiger partial charge in [-0.3, -0.25) is 0 Å². The normalized spacial score (nSPS) is 19.9. The van der Waals surface area contributed by atoms with E-state index in [0.29, 0.717) is 24.9 Å². The van der Waals surface area contributed by atoms with Gasteiger partial charge in [0, 0.05) is 17.5 Å². The van der Waals surface area contributed by atoms with Gasteiger partial charge in [-0.25, -0.2) is 0 Å². The van der Waals surface area contributed by atoms with Gasteiger partial charge in [0.05, 0.1) is 20.4 Å². The lowest BCUT2D eigenvalue weighted by Crippen LogP contribution is -2.15. The summed E-state index contributed by atoms with van der Waals surface area (Å²) in [5, 5.41) is 10.4. The Morgan fingerprint density at radius 1 is 0.871 bits per heavy atom. The number of fused-ring (bicyclic) bond motifs is 2. The zero-order chi connectivity index (χ0) is 22.4. The molecule has 170 valence electrons. The van der Waals surface area contributed by atoms with Crippen LogP contribution in [0.3, 0.4) is 0 Å². The molecule has 1 aliphatic carbocycles. The Morgan fingerprint density at radius 3 is 2.16 bits per heavy atom. The molecular weight excluding hydrogens is 614 g/mol. The smallest absolute Gasteiger partial charge is 0.142 e. The second-order valence-electron chi connectivity index (χ2n) is 8.46. The summed E-state index contributed by atoms with van der Waals surface area (Å²) in [4.78, 5) is 0. The zero-order valence-corrected chi connectivity index (χ0v) is 23.2. The predicted octanol–water partition coefficient (Wildman–Crippen LogP) is 8.06. The fraction of sp³-hybridized carbons (Fsp3) is 0.538. The van der Waals surface area contributed by atoms with Crippen LogP contribution in [0.2, 0.25) is 0 Å². The number of phenols is 1. The van der Waals surface area contributed by atoms with Crippen molar-refractivity contribution in [2.45, 2.75) is 71.6 Å². The fourth-order valence-electron chi connectivity index (χ4n) is 4.69. The first-order chi connectivity index (χ1) is 15.0. The second-order valence-corrected chi connectivity index (χ2v) is 10.8. The molecule has 2 unspecified atom stereocenters. The van der Waals surface area contributed by atoms with Gasteiger partial charge in [-0.2, -0.15) is 0 Å². The maximum atomic E-state index is 10.4. The van der Waals surface area contributed by atoms with Gasteiger partial charge in [0.1, 0.15) is 17.2 Å². The Morgan fingerprint density at radius 2 is 1.48 bits per heavy atom. The summed E-state index contributed by atoms with van der Waals surface area (Å²) in [6.07, 6.45) is 8.57. The highest BCUT2D eigenvalue weighted by Crippen LogP contribution is 2.44. The first-order valence-electron chi connectivity index (χ1n) is 11.6. The maximum absolute atomic E-state index is 10.4. The number of aryl methyl sites for hydroxylation is 1. The van der Waals surface area contributed by atoms with E-state index in [2.05, 4.69) is 76.4 Å². The molecule has 0 aromatic heterocycles. The van der Waals surface area contributed by atoms with Crippen molar-refractivity contribution in [3.05, 3.63) is 48.1 Å². The van der Waals surface area contributed by atoms with Crippen LogP contribution in [0.5, 0.6) is 17.2 Å². The van der Waals surface area contributed by atoms with Gasteiger partial charge in [0.15, 0.2) is 0 Å². The maximum Gasteiger partial charge on any atom is 0.142 e. The van der Waals surface area contributed by atoms with E-state index >= 15 is 0 Å². The summed E-state index contributed by atoms with van der Waals surface area (Å²) >= 11 is 4.49. The van der Waals surface area contributed by atoms with E-state index in [4.69, 9.17) is 9.47 Å². The van der Waals surface area contributed by atoms with E-state index in [0.717, 1.165) is 25.1 Å². The van der Waals surface area contributed by atoms with Crippen LogP contribution in [0.1, 0.15) is 81.9 Å². The monoisotopic (exact) mass is 648 g/mol. The van der Waals surface area contributed by atoms with Crippen molar-refractivity contribution in [3.8, 4) is 17.2 Å². The first-order valence-corrected chi connectivity index (χ1v) is 13.7. The molecule has 3 nitrogen and oxygen atoms in total. The second kappa shape index (κ2) is 12.0. The number of halogens is 2. The molecule has 5 heteroatoms. The standard InChI is InChI=1S/C26H34I2O3/c1-4-30-23-16-24(31-5-2)20-13-18(23)12-10-8-6-7-9-11-17(3)25(20)19-14-21(27)26(29)22(28)15-19/h13-17,25,29H,4-12H2,1-3H3. The molecule has 2 bridgehead atoms. The number of hydrogen-bond acceptors (Lipinski definition) is 3. The summed E-state index contributed by atoms with van der Waals surface area (Å²) in [6, 6.07) is 8.78. The number of aromatic hydroxyl groups is 1. The van der Waals surface area contributed by atoms with Gasteiger partial charge in [0.2, 0.25) is 0 Å². The van der Waals surface area contributed by atoms with E-state index in [1.54, 1.807) is 0 Å². The van der Waals surface area contributed by atoms with E-state index in [9.17, 15) is 5.11 Å². The van der Waals surface area contributed by atoms with Crippen LogP contribution in [-0.2, 0) is 6.42 Å². The molecule has 0 saturated heterocycles. The Kier molecular flexibility index (Phi) is 9.62. The molecule has 2 aromatic rings. The number of benzene rings is 2. The highest BCUT2D eigenvalue weighted by atomic mass is 127. The summed E-state index contributed by atoms with van der Waals surface area (Å²) in [6.45, 7) is 7.74. The Balaban J connectivity index is 2.21. The average molecular weight is 648 g/mol. The largest absolute Gasteiger partial charge is 0.506 e. The van der Waals surface area contributed by atoms with Crippen molar-refractivity contribution in [1.29, 1.82) is 0 Å². The molecule has 2 atom stereocenters. The van der Waals surface area contributed by atoms with E-state index < -0.39 is 0 Å². The van der Waals surface area contributed by atoms with Gasteiger partial charge in [-0.05, 0) is 114 Å².